The van der Waals surface area contributed by atoms with Gasteiger partial charge in [0.1, 0.15) is 23.0 Å². The first-order chi connectivity index (χ1) is 16.6. The van der Waals surface area contributed by atoms with Gasteiger partial charge in [-0.15, -0.1) is 10.2 Å². The number of rotatable bonds is 8. The summed E-state index contributed by atoms with van der Waals surface area (Å²) in [6.45, 7) is 9.25. The van der Waals surface area contributed by atoms with Crippen molar-refractivity contribution in [1.29, 1.82) is 0 Å². The van der Waals surface area contributed by atoms with Crippen LogP contribution in [0.15, 0.2) is 18.2 Å². The highest BCUT2D eigenvalue weighted by Crippen LogP contribution is 2.38. The highest BCUT2D eigenvalue weighted by molar-refractivity contribution is 5.75. The molecule has 1 aliphatic heterocycles. The highest BCUT2D eigenvalue weighted by atomic mass is 16.5. The number of aryl methyl sites for hydroxylation is 1. The topological polar surface area (TPSA) is 114 Å². The number of aromatic nitrogens is 2. The number of carbonyl (C=O) groups is 1. The molecule has 0 spiro atoms. The SMILES string of the molecule is CC.CCCCCC(CC)Nc1cc2c(nn1)-c1c(O)cc(OC)cc1COCCC2.O=CO. The zero-order valence-electron chi connectivity index (χ0n) is 21.3. The molecule has 0 aliphatic carbocycles. The number of benzene rings is 1. The lowest BCUT2D eigenvalue weighted by Gasteiger charge is -2.19. The van der Waals surface area contributed by atoms with Crippen molar-refractivity contribution in [3.8, 4) is 22.8 Å². The van der Waals surface area contributed by atoms with Crippen molar-refractivity contribution in [2.75, 3.05) is 19.0 Å². The van der Waals surface area contributed by atoms with Crippen LogP contribution in [0.5, 0.6) is 11.5 Å². The predicted octanol–water partition coefficient (Wildman–Crippen LogP) is 5.82. The average molecular weight is 476 g/mol. The molecule has 1 atom stereocenters. The normalized spacial score (nSPS) is 13.1. The Morgan fingerprint density at radius 2 is 1.91 bits per heavy atom. The smallest absolute Gasteiger partial charge is 0.290 e. The Morgan fingerprint density at radius 1 is 1.18 bits per heavy atom. The molecule has 3 rings (SSSR count). The summed E-state index contributed by atoms with van der Waals surface area (Å²) >= 11 is 0. The number of aromatic hydroxyl groups is 1. The third-order valence-electron chi connectivity index (χ3n) is 5.51. The fraction of sp³-hybridized carbons (Fsp3) is 0.577. The second kappa shape index (κ2) is 16.7. The lowest BCUT2D eigenvalue weighted by molar-refractivity contribution is -0.122. The summed E-state index contributed by atoms with van der Waals surface area (Å²) < 4.78 is 11.1. The van der Waals surface area contributed by atoms with E-state index in [1.54, 1.807) is 13.2 Å². The number of methoxy groups -OCH3 is 1. The molecule has 0 amide bonds. The van der Waals surface area contributed by atoms with Crippen molar-refractivity contribution in [1.82, 2.24) is 10.2 Å². The molecule has 8 heteroatoms. The number of phenols is 1. The summed E-state index contributed by atoms with van der Waals surface area (Å²) in [6, 6.07) is 6.01. The molecule has 0 bridgehead atoms. The number of carboxylic acid groups (broad SMARTS) is 1. The van der Waals surface area contributed by atoms with Crippen molar-refractivity contribution in [3.63, 3.8) is 0 Å². The molecule has 1 aliphatic rings. The van der Waals surface area contributed by atoms with Gasteiger partial charge >= 0.3 is 0 Å². The van der Waals surface area contributed by atoms with Gasteiger partial charge in [-0.05, 0) is 48.9 Å². The van der Waals surface area contributed by atoms with Crippen LogP contribution < -0.4 is 10.1 Å². The predicted molar refractivity (Wildman–Crippen MR) is 136 cm³/mol. The molecule has 0 fully saturated rings. The Labute approximate surface area is 203 Å². The molecule has 0 radical (unpaired) electrons. The third kappa shape index (κ3) is 8.82. The monoisotopic (exact) mass is 475 g/mol. The van der Waals surface area contributed by atoms with Crippen LogP contribution in [0.25, 0.3) is 11.3 Å². The zero-order valence-corrected chi connectivity index (χ0v) is 21.3. The van der Waals surface area contributed by atoms with Crippen LogP contribution in [0.4, 0.5) is 5.82 Å². The molecule has 1 aromatic carbocycles. The van der Waals surface area contributed by atoms with Gasteiger partial charge in [0.15, 0.2) is 0 Å². The highest BCUT2D eigenvalue weighted by Gasteiger charge is 2.21. The number of nitrogens with zero attached hydrogens (tertiary/aromatic N) is 2. The molecule has 1 aromatic heterocycles. The van der Waals surface area contributed by atoms with E-state index in [4.69, 9.17) is 19.4 Å². The van der Waals surface area contributed by atoms with Gasteiger partial charge in [-0.25, -0.2) is 0 Å². The summed E-state index contributed by atoms with van der Waals surface area (Å²) in [5.41, 5.74) is 3.37. The maximum Gasteiger partial charge on any atom is 0.290 e. The minimum Gasteiger partial charge on any atom is -0.507 e. The standard InChI is InChI=1S/C23H33N3O3.C2H6.CH2O2/c1-4-6-7-10-18(5-2)24-21-13-16-9-8-11-29-15-17-12-19(28-3)14-20(27)22(17)23(16)26-25-21;1-2;2-1-3/h12-14,18,27H,4-11,15H2,1-3H3,(H,24,25);1-2H3;1H,(H,2,3). The van der Waals surface area contributed by atoms with E-state index >= 15 is 0 Å². The summed E-state index contributed by atoms with van der Waals surface area (Å²) in [4.78, 5) is 8.36. The minimum absolute atomic E-state index is 0.145. The van der Waals surface area contributed by atoms with Gasteiger partial charge in [-0.2, -0.15) is 0 Å². The van der Waals surface area contributed by atoms with Crippen LogP contribution in [-0.2, 0) is 22.6 Å². The zero-order chi connectivity index (χ0) is 25.3. The molecule has 3 N–H and O–H groups in total. The van der Waals surface area contributed by atoms with Crippen LogP contribution in [0.1, 0.15) is 77.3 Å². The van der Waals surface area contributed by atoms with Crippen molar-refractivity contribution < 1.29 is 24.5 Å². The number of ether oxygens (including phenoxy) is 2. The molecule has 34 heavy (non-hydrogen) atoms. The Kier molecular flexibility index (Phi) is 14.3. The maximum atomic E-state index is 10.7. The fourth-order valence-electron chi connectivity index (χ4n) is 3.84. The van der Waals surface area contributed by atoms with Crippen LogP contribution in [0.3, 0.4) is 0 Å². The number of hydrogen-bond donors (Lipinski definition) is 3. The lowest BCUT2D eigenvalue weighted by Crippen LogP contribution is -2.19. The van der Waals surface area contributed by atoms with Crippen molar-refractivity contribution >= 4 is 12.3 Å². The van der Waals surface area contributed by atoms with E-state index in [1.165, 1.54) is 19.3 Å². The van der Waals surface area contributed by atoms with Crippen LogP contribution in [-0.4, -0.2) is 46.6 Å². The largest absolute Gasteiger partial charge is 0.507 e. The Hall–Kier alpha value is -2.87. The maximum absolute atomic E-state index is 10.7. The second-order valence-corrected chi connectivity index (χ2v) is 7.79. The van der Waals surface area contributed by atoms with Crippen LogP contribution in [0.2, 0.25) is 0 Å². The number of anilines is 1. The first kappa shape index (κ1) is 29.2. The molecule has 2 heterocycles. The third-order valence-corrected chi connectivity index (χ3v) is 5.51. The van der Waals surface area contributed by atoms with Gasteiger partial charge in [0.2, 0.25) is 0 Å². The lowest BCUT2D eigenvalue weighted by atomic mass is 9.97. The van der Waals surface area contributed by atoms with Crippen molar-refractivity contribution in [3.05, 3.63) is 29.3 Å². The molecule has 0 saturated heterocycles. The average Bonchev–Trinajstić information content (AvgIpc) is 2.93. The van der Waals surface area contributed by atoms with Crippen molar-refractivity contribution in [2.24, 2.45) is 0 Å². The molecular weight excluding hydrogens is 434 g/mol. The van der Waals surface area contributed by atoms with E-state index in [0.29, 0.717) is 30.6 Å². The Morgan fingerprint density at radius 3 is 2.56 bits per heavy atom. The minimum atomic E-state index is -0.250. The number of phenolic OH excluding ortho intramolecular Hbond substituents is 1. The summed E-state index contributed by atoms with van der Waals surface area (Å²) in [5.74, 6) is 1.56. The van der Waals surface area contributed by atoms with Gasteiger partial charge in [0, 0.05) is 24.3 Å². The van der Waals surface area contributed by atoms with E-state index in [0.717, 1.165) is 48.3 Å². The molecule has 190 valence electrons. The van der Waals surface area contributed by atoms with E-state index in [9.17, 15) is 5.11 Å². The summed E-state index contributed by atoms with van der Waals surface area (Å²) in [6.07, 6.45) is 7.63. The van der Waals surface area contributed by atoms with Gasteiger partial charge in [-0.1, -0.05) is 47.0 Å². The Balaban J connectivity index is 0.00000107. The van der Waals surface area contributed by atoms with E-state index in [1.807, 2.05) is 19.9 Å². The molecular formula is C26H41N3O5. The number of fused-ring (bicyclic) bond motifs is 3. The summed E-state index contributed by atoms with van der Waals surface area (Å²) in [5, 5.41) is 30.1. The quantitative estimate of drug-likeness (QED) is 0.323. The molecule has 2 aromatic rings. The second-order valence-electron chi connectivity index (χ2n) is 7.79. The molecule has 0 saturated carbocycles. The first-order valence-corrected chi connectivity index (χ1v) is 12.3. The van der Waals surface area contributed by atoms with Crippen LogP contribution >= 0.6 is 0 Å². The molecule has 8 nitrogen and oxygen atoms in total. The van der Waals surface area contributed by atoms with Crippen LogP contribution in [0, 0.1) is 0 Å². The van der Waals surface area contributed by atoms with Gasteiger partial charge in [0.05, 0.1) is 13.7 Å². The fourth-order valence-corrected chi connectivity index (χ4v) is 3.84. The van der Waals surface area contributed by atoms with E-state index < -0.39 is 0 Å². The van der Waals surface area contributed by atoms with E-state index in [2.05, 4.69) is 35.4 Å². The summed E-state index contributed by atoms with van der Waals surface area (Å²) in [7, 11) is 1.59. The number of unbranched alkanes of at least 4 members (excludes halogenated alkanes) is 2. The van der Waals surface area contributed by atoms with Crippen molar-refractivity contribution in [2.45, 2.75) is 85.3 Å². The van der Waals surface area contributed by atoms with E-state index in [-0.39, 0.29) is 12.2 Å². The number of hydrogen-bond acceptors (Lipinski definition) is 7. The molecule has 1 unspecified atom stereocenters. The van der Waals surface area contributed by atoms with Gasteiger partial charge in [0.25, 0.3) is 6.47 Å². The van der Waals surface area contributed by atoms with Gasteiger partial charge in [-0.3, -0.25) is 4.79 Å². The van der Waals surface area contributed by atoms with Gasteiger partial charge < -0.3 is 25.0 Å². The first-order valence-electron chi connectivity index (χ1n) is 12.3. The Bertz CT molecular complexity index is 861. The number of nitrogens with one attached hydrogen (secondary N) is 1.